The van der Waals surface area contributed by atoms with Crippen molar-refractivity contribution < 1.29 is 19.2 Å². The summed E-state index contributed by atoms with van der Waals surface area (Å²) in [6.07, 6.45) is 1.01. The lowest BCUT2D eigenvalue weighted by Crippen LogP contribution is -2.56. The Morgan fingerprint density at radius 2 is 2.38 bits per heavy atom. The first-order valence-corrected chi connectivity index (χ1v) is 6.24. The first-order valence-electron chi connectivity index (χ1n) is 6.24. The molecule has 21 heavy (non-hydrogen) atoms. The van der Waals surface area contributed by atoms with E-state index in [1.54, 1.807) is 4.90 Å². The highest BCUT2D eigenvalue weighted by Gasteiger charge is 2.33. The van der Waals surface area contributed by atoms with Crippen molar-refractivity contribution in [1.29, 1.82) is 0 Å². The number of rotatable bonds is 4. The lowest BCUT2D eigenvalue weighted by molar-refractivity contribution is -0.385. The van der Waals surface area contributed by atoms with Gasteiger partial charge in [-0.3, -0.25) is 19.7 Å². The number of nitrogens with zero attached hydrogens (tertiary/aromatic N) is 3. The van der Waals surface area contributed by atoms with Gasteiger partial charge >= 0.3 is 5.97 Å². The molecule has 112 valence electrons. The molecule has 0 spiro atoms. The van der Waals surface area contributed by atoms with Crippen molar-refractivity contribution >= 4 is 23.4 Å². The van der Waals surface area contributed by atoms with E-state index in [0.717, 1.165) is 6.20 Å². The Labute approximate surface area is 120 Å². The topological polar surface area (TPSA) is 115 Å². The van der Waals surface area contributed by atoms with Crippen molar-refractivity contribution in [3.05, 3.63) is 28.4 Å². The first-order chi connectivity index (χ1) is 10.0. The molecule has 1 atom stereocenters. The quantitative estimate of drug-likeness (QED) is 0.467. The fraction of sp³-hybridized carbons (Fsp3) is 0.417. The Kier molecular flexibility index (Phi) is 4.31. The summed E-state index contributed by atoms with van der Waals surface area (Å²) in [7, 11) is 1.25. The predicted octanol–water partition coefficient (Wildman–Crippen LogP) is -0.142. The van der Waals surface area contributed by atoms with Crippen LogP contribution in [0.15, 0.2) is 18.3 Å². The number of amides is 1. The lowest BCUT2D eigenvalue weighted by atomic mass is 10.1. The zero-order valence-electron chi connectivity index (χ0n) is 11.3. The molecule has 1 saturated heterocycles. The predicted molar refractivity (Wildman–Crippen MR) is 71.7 cm³/mol. The standard InChI is InChI=1S/C12H14N4O5/c1-21-11(17)6-9-12(18)13-4-5-15(9)10-3-2-8(7-14-10)16(19)20/h2-3,7,9H,4-6H2,1H3,(H,13,18). The smallest absolute Gasteiger partial charge is 0.308 e. The van der Waals surface area contributed by atoms with Crippen molar-refractivity contribution in [3.8, 4) is 0 Å². The summed E-state index contributed by atoms with van der Waals surface area (Å²) in [5, 5.41) is 13.3. The molecule has 0 radical (unpaired) electrons. The van der Waals surface area contributed by atoms with Crippen LogP contribution in [0.25, 0.3) is 0 Å². The number of piperazine rings is 1. The Bertz CT molecular complexity index is 559. The molecule has 1 aliphatic rings. The number of nitrogens with one attached hydrogen (secondary N) is 1. The molecular formula is C12H14N4O5. The fourth-order valence-corrected chi connectivity index (χ4v) is 2.09. The van der Waals surface area contributed by atoms with E-state index in [2.05, 4.69) is 15.0 Å². The van der Waals surface area contributed by atoms with Crippen LogP contribution in [0.4, 0.5) is 11.5 Å². The van der Waals surface area contributed by atoms with Gasteiger partial charge in [0.05, 0.1) is 18.5 Å². The molecule has 1 aromatic rings. The number of anilines is 1. The third-order valence-corrected chi connectivity index (χ3v) is 3.16. The molecule has 2 heterocycles. The third-order valence-electron chi connectivity index (χ3n) is 3.16. The van der Waals surface area contributed by atoms with Gasteiger partial charge in [0.1, 0.15) is 18.1 Å². The van der Waals surface area contributed by atoms with Crippen molar-refractivity contribution in [2.45, 2.75) is 12.5 Å². The summed E-state index contributed by atoms with van der Waals surface area (Å²) in [6, 6.07) is 2.03. The minimum Gasteiger partial charge on any atom is -0.469 e. The maximum Gasteiger partial charge on any atom is 0.308 e. The second-order valence-corrected chi connectivity index (χ2v) is 4.41. The van der Waals surface area contributed by atoms with Crippen LogP contribution in [0.3, 0.4) is 0 Å². The number of methoxy groups -OCH3 is 1. The monoisotopic (exact) mass is 294 g/mol. The van der Waals surface area contributed by atoms with E-state index in [9.17, 15) is 19.7 Å². The number of ether oxygens (including phenoxy) is 1. The van der Waals surface area contributed by atoms with Crippen LogP contribution >= 0.6 is 0 Å². The van der Waals surface area contributed by atoms with Crippen LogP contribution in [0, 0.1) is 10.1 Å². The number of carbonyl (C=O) groups is 2. The zero-order valence-corrected chi connectivity index (χ0v) is 11.3. The SMILES string of the molecule is COC(=O)CC1C(=O)NCCN1c1ccc([N+](=O)[O-])cn1. The van der Waals surface area contributed by atoms with Crippen molar-refractivity contribution in [3.63, 3.8) is 0 Å². The number of nitro groups is 1. The zero-order chi connectivity index (χ0) is 15.4. The highest BCUT2D eigenvalue weighted by Crippen LogP contribution is 2.21. The van der Waals surface area contributed by atoms with E-state index in [-0.39, 0.29) is 18.0 Å². The number of aromatic nitrogens is 1. The summed E-state index contributed by atoms with van der Waals surface area (Å²) in [6.45, 7) is 0.868. The van der Waals surface area contributed by atoms with Gasteiger partial charge in [-0.05, 0) is 6.07 Å². The van der Waals surface area contributed by atoms with Crippen LogP contribution in [0.2, 0.25) is 0 Å². The van der Waals surface area contributed by atoms with E-state index >= 15 is 0 Å². The van der Waals surface area contributed by atoms with E-state index < -0.39 is 16.9 Å². The minimum atomic E-state index is -0.736. The molecule has 0 bridgehead atoms. The van der Waals surface area contributed by atoms with Crippen LogP contribution < -0.4 is 10.2 Å². The Hall–Kier alpha value is -2.71. The molecule has 0 saturated carbocycles. The average molecular weight is 294 g/mol. The molecule has 1 aromatic heterocycles. The lowest BCUT2D eigenvalue weighted by Gasteiger charge is -2.35. The number of hydrogen-bond donors (Lipinski definition) is 1. The van der Waals surface area contributed by atoms with Crippen LogP contribution in [0.5, 0.6) is 0 Å². The number of carbonyl (C=O) groups excluding carboxylic acids is 2. The summed E-state index contributed by atoms with van der Waals surface area (Å²) in [5.74, 6) is -0.403. The van der Waals surface area contributed by atoms with Gasteiger partial charge in [-0.15, -0.1) is 0 Å². The second-order valence-electron chi connectivity index (χ2n) is 4.41. The van der Waals surface area contributed by atoms with Crippen LogP contribution in [-0.4, -0.2) is 48.0 Å². The molecule has 9 nitrogen and oxygen atoms in total. The molecule has 1 unspecified atom stereocenters. The number of esters is 1. The van der Waals surface area contributed by atoms with Gasteiger partial charge in [0.25, 0.3) is 5.69 Å². The minimum absolute atomic E-state index is 0.110. The molecule has 1 fully saturated rings. The van der Waals surface area contributed by atoms with Gasteiger partial charge in [0, 0.05) is 19.2 Å². The summed E-state index contributed by atoms with van der Waals surface area (Å²) in [4.78, 5) is 39.0. The average Bonchev–Trinajstić information content (AvgIpc) is 2.49. The van der Waals surface area contributed by atoms with E-state index in [1.807, 2.05) is 0 Å². The van der Waals surface area contributed by atoms with E-state index in [1.165, 1.54) is 19.2 Å². The second kappa shape index (κ2) is 6.16. The Balaban J connectivity index is 2.23. The van der Waals surface area contributed by atoms with Gasteiger partial charge in [0.15, 0.2) is 0 Å². The van der Waals surface area contributed by atoms with Crippen molar-refractivity contribution in [1.82, 2.24) is 10.3 Å². The van der Waals surface area contributed by atoms with Gasteiger partial charge in [-0.2, -0.15) is 0 Å². The fourth-order valence-electron chi connectivity index (χ4n) is 2.09. The number of pyridine rings is 1. The Morgan fingerprint density at radius 3 is 2.95 bits per heavy atom. The molecule has 0 aliphatic carbocycles. The first kappa shape index (κ1) is 14.7. The van der Waals surface area contributed by atoms with Gasteiger partial charge in [-0.25, -0.2) is 4.98 Å². The molecular weight excluding hydrogens is 280 g/mol. The van der Waals surface area contributed by atoms with Gasteiger partial charge in [0.2, 0.25) is 5.91 Å². The highest BCUT2D eigenvalue weighted by molar-refractivity contribution is 5.90. The molecule has 1 amide bonds. The van der Waals surface area contributed by atoms with Crippen molar-refractivity contribution in [2.75, 3.05) is 25.1 Å². The van der Waals surface area contributed by atoms with Crippen molar-refractivity contribution in [2.24, 2.45) is 0 Å². The molecule has 9 heteroatoms. The van der Waals surface area contributed by atoms with E-state index in [4.69, 9.17) is 0 Å². The van der Waals surface area contributed by atoms with Crippen LogP contribution in [-0.2, 0) is 14.3 Å². The number of hydrogen-bond acceptors (Lipinski definition) is 7. The third kappa shape index (κ3) is 3.25. The van der Waals surface area contributed by atoms with E-state index in [0.29, 0.717) is 18.9 Å². The van der Waals surface area contributed by atoms with Crippen LogP contribution in [0.1, 0.15) is 6.42 Å². The summed E-state index contributed by atoms with van der Waals surface area (Å²) < 4.78 is 4.58. The summed E-state index contributed by atoms with van der Waals surface area (Å²) in [5.41, 5.74) is -0.135. The van der Waals surface area contributed by atoms with Gasteiger partial charge in [-0.1, -0.05) is 0 Å². The van der Waals surface area contributed by atoms with Gasteiger partial charge < -0.3 is 15.0 Å². The molecule has 1 aliphatic heterocycles. The molecule has 1 N–H and O–H groups in total. The summed E-state index contributed by atoms with van der Waals surface area (Å²) >= 11 is 0. The largest absolute Gasteiger partial charge is 0.469 e. The maximum atomic E-state index is 11.9. The molecule has 2 rings (SSSR count). The Morgan fingerprint density at radius 1 is 1.62 bits per heavy atom. The molecule has 0 aromatic carbocycles. The normalized spacial score (nSPS) is 18.0. The highest BCUT2D eigenvalue weighted by atomic mass is 16.6. The maximum absolute atomic E-state index is 11.9.